The van der Waals surface area contributed by atoms with Crippen LogP contribution in [0.1, 0.15) is 32.8 Å². The number of anilines is 1. The second kappa shape index (κ2) is 5.68. The molecule has 4 nitrogen and oxygen atoms in total. The van der Waals surface area contributed by atoms with Gasteiger partial charge in [0.05, 0.1) is 12.5 Å². The summed E-state index contributed by atoms with van der Waals surface area (Å²) in [6.45, 7) is 5.70. The molecule has 0 fully saturated rings. The minimum Gasteiger partial charge on any atom is -0.310 e. The van der Waals surface area contributed by atoms with Crippen LogP contribution in [0, 0.1) is 16.7 Å². The topological polar surface area (TPSA) is 65.8 Å². The largest absolute Gasteiger partial charge is 0.310 e. The van der Waals surface area contributed by atoms with Gasteiger partial charge in [0.1, 0.15) is 13.7 Å². The molecule has 1 N–H and O–H groups in total. The van der Waals surface area contributed by atoms with Gasteiger partial charge in [0.2, 0.25) is 5.91 Å². The van der Waals surface area contributed by atoms with Crippen molar-refractivity contribution in [3.8, 4) is 6.07 Å². The van der Waals surface area contributed by atoms with E-state index < -0.39 is 5.41 Å². The fourth-order valence-corrected chi connectivity index (χ4v) is 1.26. The van der Waals surface area contributed by atoms with Gasteiger partial charge in [-0.1, -0.05) is 26.2 Å². The highest BCUT2D eigenvalue weighted by atomic mass is 16.2. The number of amides is 1. The number of aromatic nitrogens is 1. The zero-order valence-corrected chi connectivity index (χ0v) is 10.9. The molecule has 0 atom stereocenters. The lowest BCUT2D eigenvalue weighted by molar-refractivity contribution is -0.124. The monoisotopic (exact) mass is 241 g/mol. The van der Waals surface area contributed by atoms with E-state index in [0.717, 1.165) is 6.42 Å². The summed E-state index contributed by atoms with van der Waals surface area (Å²) in [5, 5.41) is 11.4. The maximum absolute atomic E-state index is 12.0. The van der Waals surface area contributed by atoms with Gasteiger partial charge in [-0.2, -0.15) is 5.26 Å². The van der Waals surface area contributed by atoms with E-state index in [-0.39, 0.29) is 12.3 Å². The molecule has 0 unspecified atom stereocenters. The number of hydrogen-bond donors (Lipinski definition) is 1. The highest BCUT2D eigenvalue weighted by Crippen LogP contribution is 2.21. The van der Waals surface area contributed by atoms with Crippen molar-refractivity contribution in [2.45, 2.75) is 33.6 Å². The molecule has 18 heavy (non-hydrogen) atoms. The fraction of sp³-hybridized carbons (Fsp3) is 0.462. The van der Waals surface area contributed by atoms with Gasteiger partial charge in [-0.15, -0.1) is 0 Å². The van der Waals surface area contributed by atoms with Crippen LogP contribution in [0.15, 0.2) is 12.3 Å². The summed E-state index contributed by atoms with van der Waals surface area (Å²) in [4.78, 5) is 16.0. The molecule has 0 aromatic carbocycles. The molecule has 0 spiro atoms. The number of hydrogen-bond acceptors (Lipinski definition) is 3. The Morgan fingerprint density at radius 1 is 1.61 bits per heavy atom. The Kier molecular flexibility index (Phi) is 4.49. The zero-order chi connectivity index (χ0) is 13.8. The first-order valence-corrected chi connectivity index (χ1v) is 5.83. The highest BCUT2D eigenvalue weighted by molar-refractivity contribution is 6.33. The highest BCUT2D eigenvalue weighted by Gasteiger charge is 2.25. The number of nitrogens with one attached hydrogen (secondary N) is 1. The number of nitrogens with zero attached hydrogens (tertiary/aromatic N) is 2. The Bertz CT molecular complexity index is 491. The van der Waals surface area contributed by atoms with Crippen LogP contribution in [0.3, 0.4) is 0 Å². The maximum Gasteiger partial charge on any atom is 0.231 e. The van der Waals surface area contributed by atoms with Crippen molar-refractivity contribution in [3.05, 3.63) is 17.8 Å². The number of rotatable bonds is 4. The number of carbonyl (C=O) groups is 1. The van der Waals surface area contributed by atoms with E-state index >= 15 is 0 Å². The minimum atomic E-state index is -0.446. The summed E-state index contributed by atoms with van der Waals surface area (Å²) in [7, 11) is 5.69. The summed E-state index contributed by atoms with van der Waals surface area (Å²) in [5.41, 5.74) is 0.694. The lowest BCUT2D eigenvalue weighted by Gasteiger charge is -2.21. The molecular formula is C13H16BN3O. The van der Waals surface area contributed by atoms with Crippen molar-refractivity contribution in [1.29, 1.82) is 5.26 Å². The van der Waals surface area contributed by atoms with Gasteiger partial charge in [0, 0.05) is 11.6 Å². The molecule has 0 saturated heterocycles. The second-order valence-corrected chi connectivity index (χ2v) is 4.79. The van der Waals surface area contributed by atoms with E-state index in [0.29, 0.717) is 16.8 Å². The molecular weight excluding hydrogens is 225 g/mol. The predicted molar refractivity (Wildman–Crippen MR) is 71.6 cm³/mol. The third kappa shape index (κ3) is 3.33. The van der Waals surface area contributed by atoms with Crippen LogP contribution in [0.25, 0.3) is 0 Å². The molecule has 0 aliphatic rings. The Morgan fingerprint density at radius 3 is 2.83 bits per heavy atom. The molecule has 0 bridgehead atoms. The molecule has 0 aliphatic heterocycles. The summed E-state index contributed by atoms with van der Waals surface area (Å²) in [5.74, 6) is 0.339. The van der Waals surface area contributed by atoms with Crippen molar-refractivity contribution in [2.75, 3.05) is 5.32 Å². The van der Waals surface area contributed by atoms with Gasteiger partial charge < -0.3 is 5.32 Å². The number of nitriles is 1. The summed E-state index contributed by atoms with van der Waals surface area (Å²) < 4.78 is 0. The summed E-state index contributed by atoms with van der Waals surface area (Å²) in [6, 6.07) is 3.67. The van der Waals surface area contributed by atoms with Gasteiger partial charge in [-0.05, 0) is 18.1 Å². The first-order valence-electron chi connectivity index (χ1n) is 5.83. The van der Waals surface area contributed by atoms with E-state index in [9.17, 15) is 4.79 Å². The minimum absolute atomic E-state index is 0.0924. The standard InChI is InChI=1S/C13H16BN3O/c1-4-13(2,3)12(18)17-11-7-9(5-6-15)10(14)8-16-11/h7-8H,4-5H2,1-3H3,(H,16,17,18). The normalized spacial score (nSPS) is 10.8. The van der Waals surface area contributed by atoms with Crippen molar-refractivity contribution < 1.29 is 4.79 Å². The Labute approximate surface area is 109 Å². The van der Waals surface area contributed by atoms with Crippen LogP contribution in [-0.4, -0.2) is 18.7 Å². The van der Waals surface area contributed by atoms with Gasteiger partial charge in [0.15, 0.2) is 0 Å². The first-order chi connectivity index (χ1) is 8.40. The van der Waals surface area contributed by atoms with Gasteiger partial charge in [0.25, 0.3) is 0 Å². The second-order valence-electron chi connectivity index (χ2n) is 4.79. The molecule has 1 aromatic heterocycles. The third-order valence-electron chi connectivity index (χ3n) is 3.03. The Balaban J connectivity index is 2.90. The Hall–Kier alpha value is -1.83. The van der Waals surface area contributed by atoms with Crippen LogP contribution < -0.4 is 10.8 Å². The summed E-state index contributed by atoms with van der Waals surface area (Å²) in [6.07, 6.45) is 2.40. The van der Waals surface area contributed by atoms with Gasteiger partial charge in [-0.25, -0.2) is 4.98 Å². The molecule has 0 aliphatic carbocycles. The lowest BCUT2D eigenvalue weighted by atomic mass is 9.89. The van der Waals surface area contributed by atoms with Crippen molar-refractivity contribution in [3.63, 3.8) is 0 Å². The van der Waals surface area contributed by atoms with Gasteiger partial charge >= 0.3 is 0 Å². The van der Waals surface area contributed by atoms with Crippen molar-refractivity contribution >= 4 is 25.0 Å². The van der Waals surface area contributed by atoms with E-state index in [1.165, 1.54) is 6.20 Å². The quantitative estimate of drug-likeness (QED) is 0.808. The molecule has 92 valence electrons. The van der Waals surface area contributed by atoms with Crippen LogP contribution >= 0.6 is 0 Å². The van der Waals surface area contributed by atoms with E-state index in [1.807, 2.05) is 26.8 Å². The average Bonchev–Trinajstić information content (AvgIpc) is 2.33. The van der Waals surface area contributed by atoms with Crippen LogP contribution in [0.2, 0.25) is 0 Å². The fourth-order valence-electron chi connectivity index (χ4n) is 1.26. The van der Waals surface area contributed by atoms with E-state index in [2.05, 4.69) is 10.3 Å². The zero-order valence-electron chi connectivity index (χ0n) is 10.9. The van der Waals surface area contributed by atoms with E-state index in [1.54, 1.807) is 6.07 Å². The SMILES string of the molecule is [B]c1cnc(NC(=O)C(C)(C)CC)cc1CC#N. The molecule has 1 aromatic rings. The summed E-state index contributed by atoms with van der Waals surface area (Å²) >= 11 is 0. The predicted octanol–water partition coefficient (Wildman–Crippen LogP) is 1.32. The number of pyridine rings is 1. The molecule has 1 amide bonds. The molecule has 0 saturated carbocycles. The van der Waals surface area contributed by atoms with Crippen LogP contribution in [-0.2, 0) is 11.2 Å². The molecule has 2 radical (unpaired) electrons. The van der Waals surface area contributed by atoms with Crippen LogP contribution in [0.4, 0.5) is 5.82 Å². The van der Waals surface area contributed by atoms with E-state index in [4.69, 9.17) is 13.1 Å². The van der Waals surface area contributed by atoms with Crippen molar-refractivity contribution in [2.24, 2.45) is 5.41 Å². The van der Waals surface area contributed by atoms with Crippen molar-refractivity contribution in [1.82, 2.24) is 4.98 Å². The lowest BCUT2D eigenvalue weighted by Crippen LogP contribution is -2.30. The smallest absolute Gasteiger partial charge is 0.231 e. The first kappa shape index (κ1) is 14.2. The van der Waals surface area contributed by atoms with Crippen LogP contribution in [0.5, 0.6) is 0 Å². The molecule has 1 heterocycles. The molecule has 1 rings (SSSR count). The maximum atomic E-state index is 12.0. The third-order valence-corrected chi connectivity index (χ3v) is 3.03. The van der Waals surface area contributed by atoms with Gasteiger partial charge in [-0.3, -0.25) is 4.79 Å². The Morgan fingerprint density at radius 2 is 2.28 bits per heavy atom. The average molecular weight is 241 g/mol. The number of carbonyl (C=O) groups excluding carboxylic acids is 1. The molecule has 5 heteroatoms.